The second kappa shape index (κ2) is 7.01. The SMILES string of the molecule is CCCCOOC(=O)c1ccc(CC)cc1. The maximum Gasteiger partial charge on any atom is 0.373 e. The number of carbonyl (C=O) groups is 1. The quantitative estimate of drug-likeness (QED) is 0.421. The molecule has 0 aliphatic rings. The van der Waals surface area contributed by atoms with Gasteiger partial charge < -0.3 is 0 Å². The van der Waals surface area contributed by atoms with E-state index in [9.17, 15) is 4.79 Å². The number of hydrogen-bond donors (Lipinski definition) is 0. The Morgan fingerprint density at radius 2 is 1.88 bits per heavy atom. The summed E-state index contributed by atoms with van der Waals surface area (Å²) in [5, 5.41) is 0. The smallest absolute Gasteiger partial charge is 0.293 e. The summed E-state index contributed by atoms with van der Waals surface area (Å²) in [5.74, 6) is -0.432. The second-order valence-corrected chi connectivity index (χ2v) is 3.60. The average molecular weight is 222 g/mol. The van der Waals surface area contributed by atoms with E-state index >= 15 is 0 Å². The van der Waals surface area contributed by atoms with E-state index in [0.29, 0.717) is 12.2 Å². The minimum absolute atomic E-state index is 0.432. The molecule has 0 aromatic heterocycles. The fraction of sp³-hybridized carbons (Fsp3) is 0.462. The molecule has 0 N–H and O–H groups in total. The van der Waals surface area contributed by atoms with Crippen molar-refractivity contribution in [3.63, 3.8) is 0 Å². The molecule has 0 spiro atoms. The van der Waals surface area contributed by atoms with E-state index in [1.807, 2.05) is 12.1 Å². The molecule has 0 unspecified atom stereocenters. The van der Waals surface area contributed by atoms with Crippen LogP contribution >= 0.6 is 0 Å². The summed E-state index contributed by atoms with van der Waals surface area (Å²) in [6, 6.07) is 7.35. The highest BCUT2D eigenvalue weighted by Gasteiger charge is 2.07. The Morgan fingerprint density at radius 3 is 2.44 bits per heavy atom. The van der Waals surface area contributed by atoms with Crippen molar-refractivity contribution in [2.24, 2.45) is 0 Å². The molecule has 1 rings (SSSR count). The Labute approximate surface area is 96.3 Å². The van der Waals surface area contributed by atoms with Crippen LogP contribution in [0.5, 0.6) is 0 Å². The van der Waals surface area contributed by atoms with Gasteiger partial charge in [0.15, 0.2) is 0 Å². The molecule has 0 saturated heterocycles. The molecule has 0 fully saturated rings. The fourth-order valence-electron chi connectivity index (χ4n) is 1.22. The molecule has 0 saturated carbocycles. The topological polar surface area (TPSA) is 35.5 Å². The Morgan fingerprint density at radius 1 is 1.19 bits per heavy atom. The second-order valence-electron chi connectivity index (χ2n) is 3.60. The van der Waals surface area contributed by atoms with E-state index in [1.165, 1.54) is 5.56 Å². The van der Waals surface area contributed by atoms with Crippen LogP contribution in [0, 0.1) is 0 Å². The first-order valence-corrected chi connectivity index (χ1v) is 5.70. The number of benzene rings is 1. The highest BCUT2D eigenvalue weighted by atomic mass is 17.2. The molecular formula is C13H18O3. The molecule has 0 aliphatic carbocycles. The van der Waals surface area contributed by atoms with Gasteiger partial charge in [-0.3, -0.25) is 4.89 Å². The third kappa shape index (κ3) is 4.03. The molecule has 0 heterocycles. The van der Waals surface area contributed by atoms with Crippen molar-refractivity contribution in [3.8, 4) is 0 Å². The van der Waals surface area contributed by atoms with Gasteiger partial charge in [-0.1, -0.05) is 32.4 Å². The van der Waals surface area contributed by atoms with Gasteiger partial charge >= 0.3 is 5.97 Å². The zero-order chi connectivity index (χ0) is 11.8. The molecule has 0 amide bonds. The number of rotatable bonds is 6. The maximum atomic E-state index is 11.5. The highest BCUT2D eigenvalue weighted by molar-refractivity contribution is 5.88. The van der Waals surface area contributed by atoms with Crippen molar-refractivity contribution in [2.75, 3.05) is 6.61 Å². The van der Waals surface area contributed by atoms with E-state index < -0.39 is 5.97 Å². The van der Waals surface area contributed by atoms with E-state index in [4.69, 9.17) is 4.89 Å². The summed E-state index contributed by atoms with van der Waals surface area (Å²) in [7, 11) is 0. The van der Waals surface area contributed by atoms with Crippen LogP contribution in [0.2, 0.25) is 0 Å². The molecule has 0 bridgehead atoms. The number of hydrogen-bond acceptors (Lipinski definition) is 3. The van der Waals surface area contributed by atoms with E-state index in [-0.39, 0.29) is 0 Å². The fourth-order valence-corrected chi connectivity index (χ4v) is 1.22. The lowest BCUT2D eigenvalue weighted by Crippen LogP contribution is -2.06. The van der Waals surface area contributed by atoms with Crippen molar-refractivity contribution in [1.82, 2.24) is 0 Å². The Hall–Kier alpha value is -1.35. The van der Waals surface area contributed by atoms with Gasteiger partial charge in [0.1, 0.15) is 0 Å². The summed E-state index contributed by atoms with van der Waals surface area (Å²) in [5.41, 5.74) is 1.72. The van der Waals surface area contributed by atoms with Crippen LogP contribution in [0.25, 0.3) is 0 Å². The number of aryl methyl sites for hydroxylation is 1. The lowest BCUT2D eigenvalue weighted by atomic mass is 10.1. The minimum atomic E-state index is -0.432. The van der Waals surface area contributed by atoms with Gasteiger partial charge in [0, 0.05) is 0 Å². The monoisotopic (exact) mass is 222 g/mol. The van der Waals surface area contributed by atoms with Crippen LogP contribution in [0.1, 0.15) is 42.6 Å². The molecule has 0 aliphatic heterocycles. The molecule has 1 aromatic carbocycles. The number of unbranched alkanes of at least 4 members (excludes halogenated alkanes) is 1. The van der Waals surface area contributed by atoms with Crippen LogP contribution in [-0.2, 0) is 16.2 Å². The molecule has 0 radical (unpaired) electrons. The molecule has 0 atom stereocenters. The van der Waals surface area contributed by atoms with Crippen LogP contribution in [0.4, 0.5) is 0 Å². The molecule has 3 heteroatoms. The first-order chi connectivity index (χ1) is 7.77. The van der Waals surface area contributed by atoms with Gasteiger partial charge in [-0.15, -0.1) is 0 Å². The largest absolute Gasteiger partial charge is 0.373 e. The summed E-state index contributed by atoms with van der Waals surface area (Å²) < 4.78 is 0. The summed E-state index contributed by atoms with van der Waals surface area (Å²) >= 11 is 0. The van der Waals surface area contributed by atoms with Gasteiger partial charge in [-0.05, 0) is 30.5 Å². The normalized spacial score (nSPS) is 10.1. The van der Waals surface area contributed by atoms with Crippen LogP contribution in [0.15, 0.2) is 24.3 Å². The van der Waals surface area contributed by atoms with Crippen LogP contribution in [-0.4, -0.2) is 12.6 Å². The van der Waals surface area contributed by atoms with Gasteiger partial charge in [-0.25, -0.2) is 4.79 Å². The zero-order valence-electron chi connectivity index (χ0n) is 9.86. The third-order valence-electron chi connectivity index (χ3n) is 2.31. The Balaban J connectivity index is 2.40. The minimum Gasteiger partial charge on any atom is -0.293 e. The first kappa shape index (κ1) is 12.7. The maximum absolute atomic E-state index is 11.5. The number of carbonyl (C=O) groups excluding carboxylic acids is 1. The zero-order valence-corrected chi connectivity index (χ0v) is 9.86. The third-order valence-corrected chi connectivity index (χ3v) is 2.31. The molecule has 3 nitrogen and oxygen atoms in total. The summed E-state index contributed by atoms with van der Waals surface area (Å²) in [4.78, 5) is 20.9. The highest BCUT2D eigenvalue weighted by Crippen LogP contribution is 2.06. The van der Waals surface area contributed by atoms with E-state index in [0.717, 1.165) is 19.3 Å². The van der Waals surface area contributed by atoms with Crippen molar-refractivity contribution < 1.29 is 14.6 Å². The lowest BCUT2D eigenvalue weighted by Gasteiger charge is -2.03. The lowest BCUT2D eigenvalue weighted by molar-refractivity contribution is -0.241. The summed E-state index contributed by atoms with van der Waals surface area (Å²) in [6.07, 6.45) is 2.87. The average Bonchev–Trinajstić information content (AvgIpc) is 2.34. The van der Waals surface area contributed by atoms with E-state index in [2.05, 4.69) is 18.7 Å². The Bertz CT molecular complexity index is 316. The standard InChI is InChI=1S/C13H18O3/c1-3-5-10-15-16-13(14)12-8-6-11(4-2)7-9-12/h6-9H,3-5,10H2,1-2H3. The molecule has 88 valence electrons. The van der Waals surface area contributed by atoms with Gasteiger partial charge in [-0.2, -0.15) is 4.89 Å². The predicted octanol–water partition coefficient (Wildman–Crippen LogP) is 3.14. The van der Waals surface area contributed by atoms with Gasteiger partial charge in [0.2, 0.25) is 0 Å². The van der Waals surface area contributed by atoms with Gasteiger partial charge in [0.05, 0.1) is 12.2 Å². The van der Waals surface area contributed by atoms with Crippen molar-refractivity contribution in [3.05, 3.63) is 35.4 Å². The van der Waals surface area contributed by atoms with Crippen molar-refractivity contribution >= 4 is 5.97 Å². The van der Waals surface area contributed by atoms with Crippen LogP contribution < -0.4 is 0 Å². The first-order valence-electron chi connectivity index (χ1n) is 5.70. The summed E-state index contributed by atoms with van der Waals surface area (Å²) in [6.45, 7) is 4.57. The Kier molecular flexibility index (Phi) is 5.57. The predicted molar refractivity (Wildman–Crippen MR) is 62.1 cm³/mol. The van der Waals surface area contributed by atoms with Gasteiger partial charge in [0.25, 0.3) is 0 Å². The van der Waals surface area contributed by atoms with Crippen molar-refractivity contribution in [1.29, 1.82) is 0 Å². The van der Waals surface area contributed by atoms with E-state index in [1.54, 1.807) is 12.1 Å². The molecule has 1 aromatic rings. The van der Waals surface area contributed by atoms with Crippen LogP contribution in [0.3, 0.4) is 0 Å². The van der Waals surface area contributed by atoms with Crippen molar-refractivity contribution in [2.45, 2.75) is 33.1 Å². The molecular weight excluding hydrogens is 204 g/mol. The molecule has 16 heavy (non-hydrogen) atoms.